The van der Waals surface area contributed by atoms with Crippen LogP contribution in [0.25, 0.3) is 0 Å². The predicted octanol–water partition coefficient (Wildman–Crippen LogP) is -0.636. The van der Waals surface area contributed by atoms with Gasteiger partial charge in [-0.05, 0) is 12.8 Å². The fourth-order valence-corrected chi connectivity index (χ4v) is 2.22. The molecule has 0 spiro atoms. The zero-order valence-electron chi connectivity index (χ0n) is 6.73. The standard InChI is InChI=1S/C6H12BN3O/c7-9-3-5-1-2-6(4-9)10(5)8-11/h5-6H,1-4,7H2. The van der Waals surface area contributed by atoms with E-state index in [0.717, 1.165) is 25.9 Å². The summed E-state index contributed by atoms with van der Waals surface area (Å²) in [6.07, 6.45) is 2.28. The molecule has 2 unspecified atom stereocenters. The summed E-state index contributed by atoms with van der Waals surface area (Å²) in [4.78, 5) is 12.7. The minimum atomic E-state index is 0.399. The summed E-state index contributed by atoms with van der Waals surface area (Å²) < 4.78 is 0. The minimum absolute atomic E-state index is 0.399. The van der Waals surface area contributed by atoms with Crippen LogP contribution in [0, 0.1) is 4.91 Å². The molecule has 5 heteroatoms. The van der Waals surface area contributed by atoms with Crippen LogP contribution in [0.2, 0.25) is 0 Å². The topological polar surface area (TPSA) is 35.9 Å². The summed E-state index contributed by atoms with van der Waals surface area (Å²) in [6.45, 7) is 2.00. The van der Waals surface area contributed by atoms with Crippen molar-refractivity contribution in [3.63, 3.8) is 0 Å². The fraction of sp³-hybridized carbons (Fsp3) is 1.00. The summed E-state index contributed by atoms with van der Waals surface area (Å²) in [6, 6.07) is 0.799. The van der Waals surface area contributed by atoms with Crippen LogP contribution in [0.1, 0.15) is 12.8 Å². The van der Waals surface area contributed by atoms with E-state index < -0.39 is 0 Å². The fourth-order valence-electron chi connectivity index (χ4n) is 2.22. The average molecular weight is 153 g/mol. The highest BCUT2D eigenvalue weighted by Gasteiger charge is 2.38. The van der Waals surface area contributed by atoms with E-state index in [1.807, 2.05) is 0 Å². The van der Waals surface area contributed by atoms with Crippen LogP contribution in [0.15, 0.2) is 5.29 Å². The zero-order chi connectivity index (χ0) is 7.84. The van der Waals surface area contributed by atoms with Crippen LogP contribution in [-0.2, 0) is 0 Å². The Bertz CT molecular complexity index is 163. The van der Waals surface area contributed by atoms with E-state index in [-0.39, 0.29) is 0 Å². The van der Waals surface area contributed by atoms with E-state index in [4.69, 9.17) is 0 Å². The van der Waals surface area contributed by atoms with Crippen molar-refractivity contribution < 1.29 is 0 Å². The van der Waals surface area contributed by atoms with Crippen LogP contribution in [0.4, 0.5) is 0 Å². The van der Waals surface area contributed by atoms with Gasteiger partial charge >= 0.3 is 0 Å². The van der Waals surface area contributed by atoms with Gasteiger partial charge in [-0.3, -0.25) is 5.01 Å². The third kappa shape index (κ3) is 1.03. The maximum absolute atomic E-state index is 10.4. The van der Waals surface area contributed by atoms with E-state index in [0.29, 0.717) is 12.1 Å². The molecule has 4 nitrogen and oxygen atoms in total. The quantitative estimate of drug-likeness (QED) is 0.371. The highest BCUT2D eigenvalue weighted by atomic mass is 16.3. The molecule has 2 bridgehead atoms. The lowest BCUT2D eigenvalue weighted by Crippen LogP contribution is -2.50. The Morgan fingerprint density at radius 1 is 1.27 bits per heavy atom. The summed E-state index contributed by atoms with van der Waals surface area (Å²) in [5.74, 6) is 0. The number of nitroso groups, excluding NO2 is 1. The zero-order valence-corrected chi connectivity index (χ0v) is 6.73. The molecule has 60 valence electrons. The van der Waals surface area contributed by atoms with Gasteiger partial charge in [0, 0.05) is 13.1 Å². The lowest BCUT2D eigenvalue weighted by molar-refractivity contribution is 0.114. The largest absolute Gasteiger partial charge is 0.345 e. The lowest BCUT2D eigenvalue weighted by Gasteiger charge is -2.35. The van der Waals surface area contributed by atoms with Crippen LogP contribution in [-0.4, -0.2) is 43.0 Å². The van der Waals surface area contributed by atoms with Crippen molar-refractivity contribution in [1.82, 2.24) is 9.82 Å². The smallest absolute Gasteiger partial charge is 0.185 e. The van der Waals surface area contributed by atoms with E-state index in [2.05, 4.69) is 18.1 Å². The monoisotopic (exact) mass is 153 g/mol. The van der Waals surface area contributed by atoms with Gasteiger partial charge in [0.05, 0.1) is 17.4 Å². The Morgan fingerprint density at radius 2 is 1.82 bits per heavy atom. The second-order valence-electron chi connectivity index (χ2n) is 3.57. The van der Waals surface area contributed by atoms with Crippen molar-refractivity contribution in [3.05, 3.63) is 4.91 Å². The summed E-state index contributed by atoms with van der Waals surface area (Å²) in [7, 11) is 2.10. The first-order valence-electron chi connectivity index (χ1n) is 4.11. The first-order valence-corrected chi connectivity index (χ1v) is 4.11. The SMILES string of the molecule is BN1CC2CCC(C1)N2N=O. The molecule has 2 rings (SSSR count). The number of rotatable bonds is 1. The minimum Gasteiger partial charge on any atom is -0.345 e. The molecular weight excluding hydrogens is 141 g/mol. The molecule has 2 heterocycles. The molecule has 0 aliphatic carbocycles. The molecule has 0 aromatic rings. The van der Waals surface area contributed by atoms with Gasteiger partial charge in [-0.25, -0.2) is 0 Å². The van der Waals surface area contributed by atoms with Crippen LogP contribution < -0.4 is 0 Å². The third-order valence-electron chi connectivity index (χ3n) is 2.72. The molecule has 11 heavy (non-hydrogen) atoms. The number of piperazine rings is 1. The predicted molar refractivity (Wildman–Crippen MR) is 44.6 cm³/mol. The second kappa shape index (κ2) is 2.48. The van der Waals surface area contributed by atoms with Crippen molar-refractivity contribution in [1.29, 1.82) is 0 Å². The lowest BCUT2D eigenvalue weighted by atomic mass is 10.1. The summed E-state index contributed by atoms with van der Waals surface area (Å²) >= 11 is 0. The average Bonchev–Trinajstić information content (AvgIpc) is 2.23. The molecule has 2 aliphatic heterocycles. The maximum Gasteiger partial charge on any atom is 0.185 e. The Morgan fingerprint density at radius 3 is 2.27 bits per heavy atom. The van der Waals surface area contributed by atoms with Gasteiger partial charge < -0.3 is 4.81 Å². The highest BCUT2D eigenvalue weighted by Crippen LogP contribution is 2.28. The molecule has 2 aliphatic rings. The molecule has 2 fully saturated rings. The molecular formula is C6H12BN3O. The van der Waals surface area contributed by atoms with Gasteiger partial charge in [0.15, 0.2) is 7.98 Å². The van der Waals surface area contributed by atoms with Crippen molar-refractivity contribution in [2.75, 3.05) is 13.1 Å². The van der Waals surface area contributed by atoms with Gasteiger partial charge in [0.2, 0.25) is 0 Å². The molecule has 0 aromatic carbocycles. The number of hydrogen-bond donors (Lipinski definition) is 0. The summed E-state index contributed by atoms with van der Waals surface area (Å²) in [5, 5.41) is 4.81. The maximum atomic E-state index is 10.4. The Kier molecular flexibility index (Phi) is 1.60. The molecule has 0 N–H and O–H groups in total. The molecule has 2 atom stereocenters. The molecule has 0 amide bonds. The van der Waals surface area contributed by atoms with Crippen LogP contribution in [0.3, 0.4) is 0 Å². The number of fused-ring (bicyclic) bond motifs is 2. The van der Waals surface area contributed by atoms with E-state index in [1.54, 1.807) is 5.01 Å². The van der Waals surface area contributed by atoms with E-state index in [1.165, 1.54) is 0 Å². The first kappa shape index (κ1) is 7.09. The van der Waals surface area contributed by atoms with Gasteiger partial charge in [-0.2, -0.15) is 0 Å². The van der Waals surface area contributed by atoms with E-state index in [9.17, 15) is 4.91 Å². The number of hydrogen-bond acceptors (Lipinski definition) is 3. The van der Waals surface area contributed by atoms with Gasteiger partial charge in [0.1, 0.15) is 0 Å². The van der Waals surface area contributed by atoms with Crippen molar-refractivity contribution >= 4 is 7.98 Å². The third-order valence-corrected chi connectivity index (χ3v) is 2.72. The Labute approximate surface area is 66.9 Å². The van der Waals surface area contributed by atoms with Crippen molar-refractivity contribution in [2.45, 2.75) is 24.9 Å². The molecule has 0 radical (unpaired) electrons. The van der Waals surface area contributed by atoms with Gasteiger partial charge in [-0.1, -0.05) is 0 Å². The van der Waals surface area contributed by atoms with Crippen molar-refractivity contribution in [3.8, 4) is 0 Å². The Hall–Kier alpha value is -0.575. The Balaban J connectivity index is 2.12. The summed E-state index contributed by atoms with van der Waals surface area (Å²) in [5.41, 5.74) is 0. The molecule has 0 aromatic heterocycles. The molecule has 2 saturated heterocycles. The van der Waals surface area contributed by atoms with Gasteiger partial charge in [0.25, 0.3) is 0 Å². The van der Waals surface area contributed by atoms with E-state index >= 15 is 0 Å². The molecule has 0 saturated carbocycles. The highest BCUT2D eigenvalue weighted by molar-refractivity contribution is 6.04. The second-order valence-corrected chi connectivity index (χ2v) is 3.57. The van der Waals surface area contributed by atoms with Gasteiger partial charge in [-0.15, -0.1) is 4.91 Å². The first-order chi connectivity index (χ1) is 5.31. The normalized spacial score (nSPS) is 37.6. The van der Waals surface area contributed by atoms with Crippen molar-refractivity contribution in [2.24, 2.45) is 5.29 Å². The van der Waals surface area contributed by atoms with Crippen LogP contribution in [0.5, 0.6) is 0 Å². The number of nitrogens with zero attached hydrogens (tertiary/aromatic N) is 3. The van der Waals surface area contributed by atoms with Crippen LogP contribution >= 0.6 is 0 Å².